The second-order valence-corrected chi connectivity index (χ2v) is 3.14. The van der Waals surface area contributed by atoms with Gasteiger partial charge in [0.25, 0.3) is 0 Å². The van der Waals surface area contributed by atoms with Gasteiger partial charge in [0.1, 0.15) is 5.69 Å². The van der Waals surface area contributed by atoms with Crippen LogP contribution >= 0.6 is 0 Å². The van der Waals surface area contributed by atoms with Crippen molar-refractivity contribution in [2.75, 3.05) is 0 Å². The van der Waals surface area contributed by atoms with Crippen molar-refractivity contribution in [3.05, 3.63) is 47.0 Å². The summed E-state index contributed by atoms with van der Waals surface area (Å²) in [5, 5.41) is 9.43. The lowest BCUT2D eigenvalue weighted by atomic mass is 10.0. The summed E-state index contributed by atoms with van der Waals surface area (Å²) in [4.78, 5) is 0. The molecule has 0 saturated carbocycles. The Labute approximate surface area is 88.3 Å². The van der Waals surface area contributed by atoms with Crippen molar-refractivity contribution in [2.24, 2.45) is 5.73 Å². The Kier molecular flexibility index (Phi) is 2.61. The molecule has 2 rings (SSSR count). The van der Waals surface area contributed by atoms with Crippen molar-refractivity contribution in [1.29, 1.82) is 0 Å². The van der Waals surface area contributed by atoms with Crippen LogP contribution in [0.3, 0.4) is 0 Å². The number of hydrogen-bond acceptors (Lipinski definition) is 3. The molecule has 0 aliphatic rings. The smallest absolute Gasteiger partial charge is 0.194 e. The number of halogens is 3. The third kappa shape index (κ3) is 1.65. The SMILES string of the molecule is NC(c1cn[nH]n1)c1ccc(F)c(F)c1F. The molecule has 4 nitrogen and oxygen atoms in total. The predicted molar refractivity (Wildman–Crippen MR) is 48.7 cm³/mol. The van der Waals surface area contributed by atoms with Crippen LogP contribution in [0.4, 0.5) is 13.2 Å². The second kappa shape index (κ2) is 3.93. The van der Waals surface area contributed by atoms with Gasteiger partial charge in [0, 0.05) is 5.56 Å². The second-order valence-electron chi connectivity index (χ2n) is 3.14. The Balaban J connectivity index is 2.45. The van der Waals surface area contributed by atoms with Crippen LogP contribution in [0.25, 0.3) is 0 Å². The molecule has 1 aromatic heterocycles. The zero-order valence-electron chi connectivity index (χ0n) is 7.92. The van der Waals surface area contributed by atoms with Gasteiger partial charge >= 0.3 is 0 Å². The summed E-state index contributed by atoms with van der Waals surface area (Å²) in [6.45, 7) is 0. The minimum absolute atomic E-state index is 0.173. The van der Waals surface area contributed by atoms with Crippen molar-refractivity contribution in [1.82, 2.24) is 15.4 Å². The molecule has 0 fully saturated rings. The van der Waals surface area contributed by atoms with E-state index in [1.54, 1.807) is 0 Å². The summed E-state index contributed by atoms with van der Waals surface area (Å²) in [6.07, 6.45) is 1.28. The van der Waals surface area contributed by atoms with Gasteiger partial charge < -0.3 is 5.73 Å². The maximum Gasteiger partial charge on any atom is 0.194 e. The first kappa shape index (κ1) is 10.6. The third-order valence-electron chi connectivity index (χ3n) is 2.15. The molecule has 0 radical (unpaired) electrons. The molecule has 1 heterocycles. The molecule has 16 heavy (non-hydrogen) atoms. The van der Waals surface area contributed by atoms with Gasteiger partial charge in [-0.3, -0.25) is 0 Å². The van der Waals surface area contributed by atoms with E-state index in [-0.39, 0.29) is 11.3 Å². The van der Waals surface area contributed by atoms with Gasteiger partial charge in [-0.2, -0.15) is 15.4 Å². The van der Waals surface area contributed by atoms with Crippen LogP contribution in [-0.2, 0) is 0 Å². The van der Waals surface area contributed by atoms with Gasteiger partial charge in [-0.15, -0.1) is 0 Å². The van der Waals surface area contributed by atoms with Crippen molar-refractivity contribution < 1.29 is 13.2 Å². The van der Waals surface area contributed by atoms with Crippen molar-refractivity contribution in [3.63, 3.8) is 0 Å². The van der Waals surface area contributed by atoms with Crippen LogP contribution < -0.4 is 5.73 Å². The minimum Gasteiger partial charge on any atom is -0.319 e. The summed E-state index contributed by atoms with van der Waals surface area (Å²) in [6, 6.07) is 0.898. The van der Waals surface area contributed by atoms with Crippen molar-refractivity contribution in [3.8, 4) is 0 Å². The number of hydrogen-bond donors (Lipinski definition) is 2. The quantitative estimate of drug-likeness (QED) is 0.760. The van der Waals surface area contributed by atoms with E-state index in [2.05, 4.69) is 15.4 Å². The molecule has 0 aliphatic heterocycles. The van der Waals surface area contributed by atoms with E-state index in [0.717, 1.165) is 12.1 Å². The van der Waals surface area contributed by atoms with E-state index >= 15 is 0 Å². The normalized spacial score (nSPS) is 12.8. The molecule has 0 aliphatic carbocycles. The highest BCUT2D eigenvalue weighted by Gasteiger charge is 2.20. The molecule has 2 aromatic rings. The molecule has 0 bridgehead atoms. The number of nitrogens with one attached hydrogen (secondary N) is 1. The van der Waals surface area contributed by atoms with Crippen LogP contribution in [0.5, 0.6) is 0 Å². The first-order chi connectivity index (χ1) is 7.61. The van der Waals surface area contributed by atoms with E-state index < -0.39 is 23.5 Å². The number of aromatic amines is 1. The molecule has 0 amide bonds. The van der Waals surface area contributed by atoms with Gasteiger partial charge in [-0.25, -0.2) is 13.2 Å². The largest absolute Gasteiger partial charge is 0.319 e. The number of nitrogens with two attached hydrogens (primary N) is 1. The number of aromatic nitrogens is 3. The molecular weight excluding hydrogens is 221 g/mol. The van der Waals surface area contributed by atoms with Crippen LogP contribution in [0, 0.1) is 17.5 Å². The minimum atomic E-state index is -1.54. The van der Waals surface area contributed by atoms with Crippen LogP contribution in [-0.4, -0.2) is 15.4 Å². The maximum atomic E-state index is 13.4. The molecule has 1 atom stereocenters. The lowest BCUT2D eigenvalue weighted by Crippen LogP contribution is -2.15. The zero-order chi connectivity index (χ0) is 11.7. The summed E-state index contributed by atoms with van der Waals surface area (Å²) in [7, 11) is 0. The Morgan fingerprint density at radius 1 is 1.19 bits per heavy atom. The van der Waals surface area contributed by atoms with Gasteiger partial charge in [-0.1, -0.05) is 6.07 Å². The molecule has 84 valence electrons. The van der Waals surface area contributed by atoms with Crippen molar-refractivity contribution in [2.45, 2.75) is 6.04 Å². The fourth-order valence-corrected chi connectivity index (χ4v) is 1.30. The maximum absolute atomic E-state index is 13.4. The molecule has 1 unspecified atom stereocenters. The van der Waals surface area contributed by atoms with Gasteiger partial charge in [0.05, 0.1) is 12.2 Å². The fourth-order valence-electron chi connectivity index (χ4n) is 1.30. The van der Waals surface area contributed by atoms with E-state index in [4.69, 9.17) is 5.73 Å². The number of H-pyrrole nitrogens is 1. The number of benzene rings is 1. The first-order valence-electron chi connectivity index (χ1n) is 4.36. The highest BCUT2D eigenvalue weighted by Crippen LogP contribution is 2.23. The average molecular weight is 228 g/mol. The lowest BCUT2D eigenvalue weighted by molar-refractivity contribution is 0.438. The van der Waals surface area contributed by atoms with Crippen LogP contribution in [0.2, 0.25) is 0 Å². The van der Waals surface area contributed by atoms with Gasteiger partial charge in [0.15, 0.2) is 17.5 Å². The van der Waals surface area contributed by atoms with Crippen molar-refractivity contribution >= 4 is 0 Å². The predicted octanol–water partition coefficient (Wildman–Crippen LogP) is 1.27. The summed E-state index contributed by atoms with van der Waals surface area (Å²) in [5.41, 5.74) is 5.70. The van der Waals surface area contributed by atoms with E-state index in [1.807, 2.05) is 0 Å². The molecule has 3 N–H and O–H groups in total. The van der Waals surface area contributed by atoms with E-state index in [9.17, 15) is 13.2 Å². The topological polar surface area (TPSA) is 67.6 Å². The molecule has 0 spiro atoms. The number of nitrogens with zero attached hydrogens (tertiary/aromatic N) is 2. The third-order valence-corrected chi connectivity index (χ3v) is 2.15. The van der Waals surface area contributed by atoms with Gasteiger partial charge in [-0.05, 0) is 6.07 Å². The standard InChI is InChI=1S/C9H7F3N4/c10-5-2-1-4(7(11)8(5)12)9(13)6-3-14-16-15-6/h1-3,9H,13H2,(H,14,15,16). The van der Waals surface area contributed by atoms with Crippen LogP contribution in [0.1, 0.15) is 17.3 Å². The summed E-state index contributed by atoms with van der Waals surface area (Å²) >= 11 is 0. The highest BCUT2D eigenvalue weighted by molar-refractivity contribution is 5.28. The highest BCUT2D eigenvalue weighted by atomic mass is 19.2. The average Bonchev–Trinajstić information content (AvgIpc) is 2.79. The van der Waals surface area contributed by atoms with Crippen LogP contribution in [0.15, 0.2) is 18.3 Å². The Hall–Kier alpha value is -1.89. The first-order valence-corrected chi connectivity index (χ1v) is 4.36. The molecular formula is C9H7F3N4. The van der Waals surface area contributed by atoms with Gasteiger partial charge in [0.2, 0.25) is 0 Å². The zero-order valence-corrected chi connectivity index (χ0v) is 7.92. The Morgan fingerprint density at radius 3 is 2.56 bits per heavy atom. The summed E-state index contributed by atoms with van der Waals surface area (Å²) in [5.74, 6) is -4.11. The fraction of sp³-hybridized carbons (Fsp3) is 0.111. The Bertz CT molecular complexity index is 498. The molecule has 0 saturated heterocycles. The van der Waals surface area contributed by atoms with E-state index in [1.165, 1.54) is 6.20 Å². The lowest BCUT2D eigenvalue weighted by Gasteiger charge is -2.10. The van der Waals surface area contributed by atoms with E-state index in [0.29, 0.717) is 0 Å². The summed E-state index contributed by atoms with van der Waals surface area (Å²) < 4.78 is 39.0. The molecule has 7 heteroatoms. The molecule has 1 aromatic carbocycles. The monoisotopic (exact) mass is 228 g/mol. The Morgan fingerprint density at radius 2 is 1.94 bits per heavy atom. The number of rotatable bonds is 2.